The van der Waals surface area contributed by atoms with E-state index in [2.05, 4.69) is 217 Å². The molecule has 0 saturated heterocycles. The van der Waals surface area contributed by atoms with E-state index in [9.17, 15) is 0 Å². The van der Waals surface area contributed by atoms with Crippen molar-refractivity contribution in [1.29, 1.82) is 0 Å². The van der Waals surface area contributed by atoms with Gasteiger partial charge in [0.1, 0.15) is 0 Å². The average molecular weight is 819 g/mol. The van der Waals surface area contributed by atoms with Crippen LogP contribution in [0.5, 0.6) is 0 Å². The third kappa shape index (κ3) is 6.22. The van der Waals surface area contributed by atoms with Gasteiger partial charge in [-0.2, -0.15) is 0 Å². The van der Waals surface area contributed by atoms with Crippen molar-refractivity contribution >= 4 is 43.6 Å². The van der Waals surface area contributed by atoms with Gasteiger partial charge in [0.15, 0.2) is 5.82 Å². The van der Waals surface area contributed by atoms with Crippen molar-refractivity contribution in [3.05, 3.63) is 230 Å². The second-order valence-electron chi connectivity index (χ2n) is 16.7. The molecule has 3 heterocycles. The van der Waals surface area contributed by atoms with Crippen LogP contribution >= 0.6 is 0 Å². The molecule has 302 valence electrons. The highest BCUT2D eigenvalue weighted by Crippen LogP contribution is 2.43. The number of fused-ring (bicyclic) bond motifs is 6. The lowest BCUT2D eigenvalue weighted by molar-refractivity contribution is 1.15. The van der Waals surface area contributed by atoms with Gasteiger partial charge in [0.25, 0.3) is 0 Å². The van der Waals surface area contributed by atoms with Crippen LogP contribution in [0.4, 0.5) is 0 Å². The minimum absolute atomic E-state index is 0.690. The highest BCUT2D eigenvalue weighted by atomic mass is 15.0. The van der Waals surface area contributed by atoms with Crippen LogP contribution in [0, 0.1) is 13.8 Å². The molecule has 64 heavy (non-hydrogen) atoms. The minimum atomic E-state index is 0.690. The lowest BCUT2D eigenvalue weighted by Gasteiger charge is -2.20. The Labute approximate surface area is 372 Å². The molecule has 0 fully saturated rings. The van der Waals surface area contributed by atoms with Crippen LogP contribution in [-0.2, 0) is 0 Å². The standard InChI is InChI=1S/C60H42N4/c1-39-29-32-45(40(2)35-39)43-31-34-58-51(36-43)49-24-12-16-28-57(49)64(58)59-37-44(53-38-52(41-17-5-3-6-18-41)61-60(62-53)42-19-7-4-8-20-42)30-33-50(59)48-23-11-15-27-56(48)63-54-25-13-9-21-46(54)47-22-10-14-26-55(47)63/h3-38H,1-2H3. The van der Waals surface area contributed by atoms with Gasteiger partial charge in [0.2, 0.25) is 0 Å². The number of aryl methyl sites for hydroxylation is 2. The molecule has 0 aliphatic heterocycles. The van der Waals surface area contributed by atoms with Gasteiger partial charge in [-0.15, -0.1) is 0 Å². The normalized spacial score (nSPS) is 11.6. The Kier molecular flexibility index (Phi) is 8.91. The van der Waals surface area contributed by atoms with Crippen LogP contribution in [0.25, 0.3) is 111 Å². The molecule has 3 aromatic heterocycles. The van der Waals surface area contributed by atoms with Gasteiger partial charge in [0, 0.05) is 49.4 Å². The first-order valence-corrected chi connectivity index (χ1v) is 21.9. The highest BCUT2D eigenvalue weighted by Gasteiger charge is 2.22. The zero-order valence-electron chi connectivity index (χ0n) is 35.6. The maximum Gasteiger partial charge on any atom is 0.160 e. The fourth-order valence-corrected chi connectivity index (χ4v) is 9.79. The Bertz CT molecular complexity index is 3630. The second-order valence-corrected chi connectivity index (χ2v) is 16.7. The van der Waals surface area contributed by atoms with Gasteiger partial charge in [-0.3, -0.25) is 0 Å². The first-order valence-electron chi connectivity index (χ1n) is 21.9. The average Bonchev–Trinajstić information content (AvgIpc) is 3.87. The summed E-state index contributed by atoms with van der Waals surface area (Å²) in [5.41, 5.74) is 18.8. The van der Waals surface area contributed by atoms with E-state index < -0.39 is 0 Å². The summed E-state index contributed by atoms with van der Waals surface area (Å²) in [6.45, 7) is 4.37. The molecule has 0 aliphatic rings. The van der Waals surface area contributed by atoms with E-state index >= 15 is 0 Å². The Morgan fingerprint density at radius 1 is 0.312 bits per heavy atom. The number of benzene rings is 9. The van der Waals surface area contributed by atoms with Gasteiger partial charge in [0.05, 0.1) is 44.8 Å². The number of rotatable bonds is 7. The molecule has 0 N–H and O–H groups in total. The Morgan fingerprint density at radius 3 is 1.48 bits per heavy atom. The predicted molar refractivity (Wildman–Crippen MR) is 267 cm³/mol. The van der Waals surface area contributed by atoms with E-state index in [0.717, 1.165) is 61.6 Å². The molecule has 12 aromatic rings. The smallest absolute Gasteiger partial charge is 0.160 e. The summed E-state index contributed by atoms with van der Waals surface area (Å²) in [6.07, 6.45) is 0. The molecule has 0 bridgehead atoms. The molecule has 0 spiro atoms. The maximum absolute atomic E-state index is 5.31. The van der Waals surface area contributed by atoms with Crippen LogP contribution in [0.1, 0.15) is 11.1 Å². The van der Waals surface area contributed by atoms with Crippen LogP contribution in [0.2, 0.25) is 0 Å². The Morgan fingerprint density at radius 2 is 0.812 bits per heavy atom. The summed E-state index contributed by atoms with van der Waals surface area (Å²) in [5.74, 6) is 0.690. The molecule has 0 unspecified atom stereocenters. The monoisotopic (exact) mass is 818 g/mol. The van der Waals surface area contributed by atoms with E-state index in [1.54, 1.807) is 0 Å². The van der Waals surface area contributed by atoms with Crippen LogP contribution in [0.15, 0.2) is 218 Å². The van der Waals surface area contributed by atoms with Crippen molar-refractivity contribution in [2.24, 2.45) is 0 Å². The lowest BCUT2D eigenvalue weighted by Crippen LogP contribution is -2.02. The number of hydrogen-bond acceptors (Lipinski definition) is 2. The minimum Gasteiger partial charge on any atom is -0.309 e. The molecular weight excluding hydrogens is 777 g/mol. The third-order valence-electron chi connectivity index (χ3n) is 12.7. The topological polar surface area (TPSA) is 35.6 Å². The Hall–Kier alpha value is -8.34. The fourth-order valence-electron chi connectivity index (χ4n) is 9.79. The van der Waals surface area contributed by atoms with Crippen molar-refractivity contribution in [2.45, 2.75) is 13.8 Å². The molecule has 9 aromatic carbocycles. The summed E-state index contributed by atoms with van der Waals surface area (Å²) < 4.78 is 4.90. The largest absolute Gasteiger partial charge is 0.309 e. The molecule has 0 saturated carbocycles. The number of para-hydroxylation sites is 4. The van der Waals surface area contributed by atoms with Crippen molar-refractivity contribution in [3.63, 3.8) is 0 Å². The van der Waals surface area contributed by atoms with Crippen molar-refractivity contribution in [2.75, 3.05) is 0 Å². The number of hydrogen-bond donors (Lipinski definition) is 0. The van der Waals surface area contributed by atoms with E-state index in [0.29, 0.717) is 5.82 Å². The van der Waals surface area contributed by atoms with Gasteiger partial charge in [-0.05, 0) is 79.1 Å². The summed E-state index contributed by atoms with van der Waals surface area (Å²) in [5, 5.41) is 4.88. The van der Waals surface area contributed by atoms with E-state index in [4.69, 9.17) is 9.97 Å². The fraction of sp³-hybridized carbons (Fsp3) is 0.0333. The van der Waals surface area contributed by atoms with Crippen molar-refractivity contribution < 1.29 is 0 Å². The van der Waals surface area contributed by atoms with E-state index in [1.165, 1.54) is 54.8 Å². The van der Waals surface area contributed by atoms with Crippen molar-refractivity contribution in [3.8, 4) is 67.5 Å². The van der Waals surface area contributed by atoms with E-state index in [1.807, 2.05) is 24.3 Å². The molecule has 0 amide bonds. The van der Waals surface area contributed by atoms with Crippen LogP contribution in [-0.4, -0.2) is 19.1 Å². The summed E-state index contributed by atoms with van der Waals surface area (Å²) in [4.78, 5) is 10.4. The SMILES string of the molecule is Cc1ccc(-c2ccc3c(c2)c2ccccc2n3-c2cc(-c3cc(-c4ccccc4)nc(-c4ccccc4)n3)ccc2-c2ccccc2-n2c3ccccc3c3ccccc32)c(C)c1. The van der Waals surface area contributed by atoms with Crippen LogP contribution < -0.4 is 0 Å². The summed E-state index contributed by atoms with van der Waals surface area (Å²) in [7, 11) is 0. The molecule has 4 nitrogen and oxygen atoms in total. The lowest BCUT2D eigenvalue weighted by atomic mass is 9.97. The van der Waals surface area contributed by atoms with E-state index in [-0.39, 0.29) is 0 Å². The zero-order chi connectivity index (χ0) is 42.7. The first-order chi connectivity index (χ1) is 31.6. The summed E-state index contributed by atoms with van der Waals surface area (Å²) >= 11 is 0. The van der Waals surface area contributed by atoms with Crippen molar-refractivity contribution in [1.82, 2.24) is 19.1 Å². The van der Waals surface area contributed by atoms with Crippen LogP contribution in [0.3, 0.4) is 0 Å². The van der Waals surface area contributed by atoms with Gasteiger partial charge in [-0.1, -0.05) is 175 Å². The zero-order valence-corrected chi connectivity index (χ0v) is 35.6. The van der Waals surface area contributed by atoms with Gasteiger partial charge in [-0.25, -0.2) is 9.97 Å². The summed E-state index contributed by atoms with van der Waals surface area (Å²) in [6, 6.07) is 78.6. The molecule has 12 rings (SSSR count). The molecule has 4 heteroatoms. The number of aromatic nitrogens is 4. The Balaban J connectivity index is 1.15. The maximum atomic E-state index is 5.31. The molecule has 0 radical (unpaired) electrons. The molecular formula is C60H42N4. The molecule has 0 atom stereocenters. The first kappa shape index (κ1) is 37.4. The quantitative estimate of drug-likeness (QED) is 0.161. The molecule has 0 aliphatic carbocycles. The van der Waals surface area contributed by atoms with Gasteiger partial charge < -0.3 is 9.13 Å². The highest BCUT2D eigenvalue weighted by molar-refractivity contribution is 6.12. The predicted octanol–water partition coefficient (Wildman–Crippen LogP) is 15.6. The van der Waals surface area contributed by atoms with Gasteiger partial charge >= 0.3 is 0 Å². The third-order valence-corrected chi connectivity index (χ3v) is 12.7. The second kappa shape index (κ2) is 15.2. The number of nitrogens with zero attached hydrogens (tertiary/aromatic N) is 4.